The van der Waals surface area contributed by atoms with Crippen LogP contribution in [0.15, 0.2) is 16.7 Å². The number of nitrogens with two attached hydrogens (primary N) is 1. The first-order valence-corrected chi connectivity index (χ1v) is 4.86. The number of aromatic nitrogens is 1. The van der Waals surface area contributed by atoms with Gasteiger partial charge in [0.1, 0.15) is 5.15 Å². The average Bonchev–Trinajstić information content (AvgIpc) is 2.09. The molecule has 0 amide bonds. The molecule has 0 aliphatic heterocycles. The third kappa shape index (κ3) is 2.40. The number of rotatable bonds is 2. The topological polar surface area (TPSA) is 59.1 Å². The van der Waals surface area contributed by atoms with Gasteiger partial charge in [-0.2, -0.15) is 0 Å². The Morgan fingerprint density at radius 2 is 2.38 bits per heavy atom. The summed E-state index contributed by atoms with van der Waals surface area (Å²) in [4.78, 5) is 3.87. The molecule has 5 heteroatoms. The van der Waals surface area contributed by atoms with Crippen molar-refractivity contribution >= 4 is 27.5 Å². The highest BCUT2D eigenvalue weighted by atomic mass is 79.9. The summed E-state index contributed by atoms with van der Waals surface area (Å²) in [6.07, 6.45) is 1.57. The normalized spacial score (nSPS) is 15.5. The Hall–Kier alpha value is -0.160. The molecule has 1 rings (SSSR count). The minimum absolute atomic E-state index is 0.147. The zero-order valence-electron chi connectivity index (χ0n) is 7.09. The van der Waals surface area contributed by atoms with Gasteiger partial charge in [0.05, 0.1) is 12.1 Å². The summed E-state index contributed by atoms with van der Waals surface area (Å²) in [6, 6.07) is 1.64. The molecule has 1 aromatic rings. The molecule has 0 fully saturated rings. The van der Waals surface area contributed by atoms with Crippen molar-refractivity contribution in [2.45, 2.75) is 12.5 Å². The fourth-order valence-corrected chi connectivity index (χ4v) is 1.76. The first-order valence-electron chi connectivity index (χ1n) is 3.68. The van der Waals surface area contributed by atoms with Crippen molar-refractivity contribution in [3.05, 3.63) is 27.5 Å². The molecule has 3 N–H and O–H groups in total. The van der Waals surface area contributed by atoms with Gasteiger partial charge in [-0.3, -0.25) is 0 Å². The van der Waals surface area contributed by atoms with Crippen LogP contribution in [0.3, 0.4) is 0 Å². The smallest absolute Gasteiger partial charge is 0.129 e. The van der Waals surface area contributed by atoms with E-state index in [2.05, 4.69) is 20.9 Å². The van der Waals surface area contributed by atoms with Gasteiger partial charge in [-0.1, -0.05) is 11.6 Å². The SMILES string of the molecule is C[C@](N)(CO)c1cc(Cl)ncc1Br. The van der Waals surface area contributed by atoms with Gasteiger partial charge in [-0.15, -0.1) is 0 Å². The van der Waals surface area contributed by atoms with Crippen LogP contribution >= 0.6 is 27.5 Å². The maximum atomic E-state index is 9.05. The third-order valence-electron chi connectivity index (χ3n) is 1.77. The number of hydrogen-bond donors (Lipinski definition) is 2. The second-order valence-corrected chi connectivity index (χ2v) is 4.30. The number of halogens is 2. The molecule has 0 saturated heterocycles. The van der Waals surface area contributed by atoms with E-state index in [4.69, 9.17) is 22.4 Å². The van der Waals surface area contributed by atoms with E-state index in [0.29, 0.717) is 5.15 Å². The van der Waals surface area contributed by atoms with E-state index < -0.39 is 5.54 Å². The Bertz CT molecular complexity index is 317. The van der Waals surface area contributed by atoms with Gasteiger partial charge in [0.15, 0.2) is 0 Å². The summed E-state index contributed by atoms with van der Waals surface area (Å²) in [5.41, 5.74) is 5.79. The van der Waals surface area contributed by atoms with Crippen molar-refractivity contribution in [1.29, 1.82) is 0 Å². The number of hydrogen-bond acceptors (Lipinski definition) is 3. The monoisotopic (exact) mass is 264 g/mol. The van der Waals surface area contributed by atoms with Crippen molar-refractivity contribution in [1.82, 2.24) is 4.98 Å². The van der Waals surface area contributed by atoms with Crippen molar-refractivity contribution in [3.8, 4) is 0 Å². The number of aliphatic hydroxyl groups is 1. The van der Waals surface area contributed by atoms with E-state index in [1.54, 1.807) is 19.2 Å². The van der Waals surface area contributed by atoms with Crippen LogP contribution in [0.25, 0.3) is 0 Å². The summed E-state index contributed by atoms with van der Waals surface area (Å²) in [5.74, 6) is 0. The van der Waals surface area contributed by atoms with E-state index in [1.807, 2.05) is 0 Å². The zero-order chi connectivity index (χ0) is 10.1. The standard InChI is InChI=1S/C8H10BrClN2O/c1-8(11,4-13)5-2-7(10)12-3-6(5)9/h2-3,13H,4,11H2,1H3/t8-/m0/s1. The molecule has 1 atom stereocenters. The Kier molecular flexibility index (Phi) is 3.29. The van der Waals surface area contributed by atoms with Gasteiger partial charge in [0.25, 0.3) is 0 Å². The van der Waals surface area contributed by atoms with E-state index in [1.165, 1.54) is 0 Å². The molecule has 1 heterocycles. The van der Waals surface area contributed by atoms with Crippen molar-refractivity contribution in [2.24, 2.45) is 5.73 Å². The van der Waals surface area contributed by atoms with Crippen LogP contribution in [-0.4, -0.2) is 16.7 Å². The summed E-state index contributed by atoms with van der Waals surface area (Å²) in [6.45, 7) is 1.58. The van der Waals surface area contributed by atoms with Crippen LogP contribution in [0.1, 0.15) is 12.5 Å². The second-order valence-electron chi connectivity index (χ2n) is 3.06. The molecule has 0 aliphatic rings. The molecule has 72 valence electrons. The highest BCUT2D eigenvalue weighted by molar-refractivity contribution is 9.10. The molecule has 0 saturated carbocycles. The number of aliphatic hydroxyl groups excluding tert-OH is 1. The lowest BCUT2D eigenvalue weighted by Crippen LogP contribution is -2.37. The Labute approximate surface area is 90.1 Å². The first kappa shape index (κ1) is 10.9. The quantitative estimate of drug-likeness (QED) is 0.800. The van der Waals surface area contributed by atoms with E-state index in [0.717, 1.165) is 10.0 Å². The molecular formula is C8H10BrClN2O. The molecule has 0 unspecified atom stereocenters. The van der Waals surface area contributed by atoms with Crippen LogP contribution in [-0.2, 0) is 5.54 Å². The van der Waals surface area contributed by atoms with Gasteiger partial charge < -0.3 is 10.8 Å². The third-order valence-corrected chi connectivity index (χ3v) is 2.60. The molecule has 13 heavy (non-hydrogen) atoms. The Morgan fingerprint density at radius 1 is 1.77 bits per heavy atom. The predicted octanol–water partition coefficient (Wildman–Crippen LogP) is 1.66. The van der Waals surface area contributed by atoms with Crippen LogP contribution in [0.5, 0.6) is 0 Å². The Balaban J connectivity index is 3.20. The molecular weight excluding hydrogens is 255 g/mol. The van der Waals surface area contributed by atoms with Crippen molar-refractivity contribution in [3.63, 3.8) is 0 Å². The summed E-state index contributed by atoms with van der Waals surface area (Å²) < 4.78 is 0.746. The fraction of sp³-hybridized carbons (Fsp3) is 0.375. The predicted molar refractivity (Wildman–Crippen MR) is 55.6 cm³/mol. The van der Waals surface area contributed by atoms with E-state index in [-0.39, 0.29) is 6.61 Å². The fourth-order valence-electron chi connectivity index (χ4n) is 0.936. The van der Waals surface area contributed by atoms with Crippen molar-refractivity contribution in [2.75, 3.05) is 6.61 Å². The van der Waals surface area contributed by atoms with Gasteiger partial charge in [-0.25, -0.2) is 4.98 Å². The molecule has 0 radical (unpaired) electrons. The molecule has 3 nitrogen and oxygen atoms in total. The summed E-state index contributed by atoms with van der Waals surface area (Å²) in [5, 5.41) is 9.42. The van der Waals surface area contributed by atoms with Crippen LogP contribution in [0.4, 0.5) is 0 Å². The number of pyridine rings is 1. The van der Waals surface area contributed by atoms with Gasteiger partial charge in [-0.05, 0) is 34.5 Å². The molecule has 1 aromatic heterocycles. The van der Waals surface area contributed by atoms with Gasteiger partial charge in [0.2, 0.25) is 0 Å². The van der Waals surface area contributed by atoms with Crippen molar-refractivity contribution < 1.29 is 5.11 Å². The maximum Gasteiger partial charge on any atom is 0.129 e. The molecule has 0 bridgehead atoms. The Morgan fingerprint density at radius 3 is 2.92 bits per heavy atom. The van der Waals surface area contributed by atoms with Gasteiger partial charge in [0, 0.05) is 10.7 Å². The maximum absolute atomic E-state index is 9.05. The summed E-state index contributed by atoms with van der Waals surface area (Å²) >= 11 is 9.01. The van der Waals surface area contributed by atoms with Gasteiger partial charge >= 0.3 is 0 Å². The van der Waals surface area contributed by atoms with Crippen LogP contribution < -0.4 is 5.73 Å². The molecule has 0 spiro atoms. The molecule has 0 aliphatic carbocycles. The molecule has 0 aromatic carbocycles. The lowest BCUT2D eigenvalue weighted by Gasteiger charge is -2.23. The van der Waals surface area contributed by atoms with E-state index >= 15 is 0 Å². The average molecular weight is 266 g/mol. The minimum Gasteiger partial charge on any atom is -0.394 e. The largest absolute Gasteiger partial charge is 0.394 e. The lowest BCUT2D eigenvalue weighted by atomic mass is 9.95. The lowest BCUT2D eigenvalue weighted by molar-refractivity contribution is 0.209. The zero-order valence-corrected chi connectivity index (χ0v) is 9.43. The highest BCUT2D eigenvalue weighted by Gasteiger charge is 2.23. The van der Waals surface area contributed by atoms with Crippen LogP contribution in [0, 0.1) is 0 Å². The minimum atomic E-state index is -0.800. The van der Waals surface area contributed by atoms with Crippen LogP contribution in [0.2, 0.25) is 5.15 Å². The second kappa shape index (κ2) is 3.92. The van der Waals surface area contributed by atoms with E-state index in [9.17, 15) is 0 Å². The highest BCUT2D eigenvalue weighted by Crippen LogP contribution is 2.27. The first-order chi connectivity index (χ1) is 5.97. The number of nitrogens with zero attached hydrogens (tertiary/aromatic N) is 1. The summed E-state index contributed by atoms with van der Waals surface area (Å²) in [7, 11) is 0.